The number of amides is 1. The zero-order chi connectivity index (χ0) is 16.4. The van der Waals surface area contributed by atoms with E-state index in [0.29, 0.717) is 6.54 Å². The Kier molecular flexibility index (Phi) is 4.57. The van der Waals surface area contributed by atoms with Gasteiger partial charge in [-0.1, -0.05) is 0 Å². The Hall–Kier alpha value is -2.01. The van der Waals surface area contributed by atoms with Crippen LogP contribution < -0.4 is 9.47 Å². The van der Waals surface area contributed by atoms with E-state index in [4.69, 9.17) is 9.47 Å². The third-order valence-corrected chi connectivity index (χ3v) is 5.43. The number of ether oxygens (including phenoxy) is 2. The molecule has 0 bridgehead atoms. The number of carbonyl (C=O) groups excluding carboxylic acids is 1. The molecule has 0 unspecified atom stereocenters. The Bertz CT molecular complexity index is 702. The average Bonchev–Trinajstić information content (AvgIpc) is 3.16. The molecule has 0 fully saturated rings. The lowest BCUT2D eigenvalue weighted by Crippen LogP contribution is -2.25. The number of thiophene rings is 1. The molecule has 1 aliphatic rings. The zero-order valence-electron chi connectivity index (χ0n) is 13.7. The van der Waals surface area contributed by atoms with Crippen LogP contribution in [0.25, 0.3) is 0 Å². The van der Waals surface area contributed by atoms with Crippen LogP contribution in [0.5, 0.6) is 11.5 Å². The lowest BCUT2D eigenvalue weighted by Gasteiger charge is -2.18. The number of carbonyl (C=O) groups is 1. The molecule has 0 N–H and O–H groups in total. The molecule has 1 aromatic heterocycles. The largest absolute Gasteiger partial charge is 0.497 e. The molecular weight excluding hydrogens is 310 g/mol. The van der Waals surface area contributed by atoms with E-state index in [1.165, 1.54) is 16.9 Å². The van der Waals surface area contributed by atoms with E-state index in [2.05, 4.69) is 6.07 Å². The molecule has 1 amide bonds. The normalized spacial score (nSPS) is 12.8. The minimum Gasteiger partial charge on any atom is -0.497 e. The monoisotopic (exact) mass is 331 g/mol. The van der Waals surface area contributed by atoms with Crippen molar-refractivity contribution >= 4 is 17.2 Å². The summed E-state index contributed by atoms with van der Waals surface area (Å²) in [4.78, 5) is 16.6. The topological polar surface area (TPSA) is 38.8 Å². The van der Waals surface area contributed by atoms with Crippen molar-refractivity contribution in [1.29, 1.82) is 0 Å². The molecule has 2 aromatic rings. The summed E-state index contributed by atoms with van der Waals surface area (Å²) in [5.74, 6) is 1.55. The van der Waals surface area contributed by atoms with Gasteiger partial charge in [-0.3, -0.25) is 4.79 Å². The van der Waals surface area contributed by atoms with Gasteiger partial charge in [-0.25, -0.2) is 0 Å². The van der Waals surface area contributed by atoms with E-state index in [9.17, 15) is 4.79 Å². The fourth-order valence-corrected chi connectivity index (χ4v) is 4.18. The first-order chi connectivity index (χ1) is 11.1. The van der Waals surface area contributed by atoms with Crippen LogP contribution in [0.4, 0.5) is 0 Å². The minimum atomic E-state index is 0.0715. The molecule has 0 saturated carbocycles. The molecule has 4 nitrogen and oxygen atoms in total. The van der Waals surface area contributed by atoms with Crippen LogP contribution in [-0.4, -0.2) is 32.1 Å². The number of hydrogen-bond donors (Lipinski definition) is 0. The molecule has 0 saturated heterocycles. The summed E-state index contributed by atoms with van der Waals surface area (Å²) in [6.45, 7) is 0.508. The van der Waals surface area contributed by atoms with Crippen molar-refractivity contribution in [3.05, 3.63) is 45.1 Å². The Morgan fingerprint density at radius 1 is 1.22 bits per heavy atom. The predicted octanol–water partition coefficient (Wildman–Crippen LogP) is 3.53. The Morgan fingerprint density at radius 3 is 2.74 bits per heavy atom. The summed E-state index contributed by atoms with van der Waals surface area (Å²) in [5, 5.41) is 0. The van der Waals surface area contributed by atoms with Gasteiger partial charge in [0.1, 0.15) is 11.5 Å². The number of fused-ring (bicyclic) bond motifs is 1. The lowest BCUT2D eigenvalue weighted by atomic mass is 10.1. The third-order valence-electron chi connectivity index (χ3n) is 4.21. The molecule has 23 heavy (non-hydrogen) atoms. The first-order valence-electron chi connectivity index (χ1n) is 7.70. The Balaban J connectivity index is 1.75. The molecule has 122 valence electrons. The Morgan fingerprint density at radius 2 is 2.04 bits per heavy atom. The smallest absolute Gasteiger partial charge is 0.263 e. The molecule has 1 heterocycles. The van der Waals surface area contributed by atoms with Crippen molar-refractivity contribution in [2.75, 3.05) is 21.3 Å². The fraction of sp³-hybridized carbons (Fsp3) is 0.389. The SMILES string of the molecule is COc1ccc(CN(C)C(=O)c2cc3c(s2)CCC3)c(OC)c1. The predicted molar refractivity (Wildman–Crippen MR) is 91.7 cm³/mol. The number of nitrogens with zero attached hydrogens (tertiary/aromatic N) is 1. The van der Waals surface area contributed by atoms with Gasteiger partial charge in [-0.2, -0.15) is 0 Å². The van der Waals surface area contributed by atoms with Crippen LogP contribution in [0.2, 0.25) is 0 Å². The van der Waals surface area contributed by atoms with E-state index in [1.807, 2.05) is 25.2 Å². The molecule has 1 aliphatic carbocycles. The summed E-state index contributed by atoms with van der Waals surface area (Å²) in [5.41, 5.74) is 2.32. The van der Waals surface area contributed by atoms with Gasteiger partial charge in [-0.15, -0.1) is 11.3 Å². The van der Waals surface area contributed by atoms with Gasteiger partial charge < -0.3 is 14.4 Å². The number of benzene rings is 1. The molecule has 0 spiro atoms. The molecule has 0 radical (unpaired) electrons. The second-order valence-corrected chi connectivity index (χ2v) is 6.89. The van der Waals surface area contributed by atoms with Crippen molar-refractivity contribution in [2.45, 2.75) is 25.8 Å². The van der Waals surface area contributed by atoms with Gasteiger partial charge in [0.25, 0.3) is 5.91 Å². The van der Waals surface area contributed by atoms with Crippen LogP contribution in [0.15, 0.2) is 24.3 Å². The summed E-state index contributed by atoms with van der Waals surface area (Å²) in [6, 6.07) is 7.73. The molecule has 1 aromatic carbocycles. The zero-order valence-corrected chi connectivity index (χ0v) is 14.5. The number of methoxy groups -OCH3 is 2. The van der Waals surface area contributed by atoms with Gasteiger partial charge >= 0.3 is 0 Å². The van der Waals surface area contributed by atoms with E-state index in [0.717, 1.165) is 34.8 Å². The van der Waals surface area contributed by atoms with Crippen molar-refractivity contribution in [3.8, 4) is 11.5 Å². The average molecular weight is 331 g/mol. The standard InChI is InChI=1S/C18H21NO3S/c1-19(11-13-7-8-14(21-2)10-15(13)22-3)18(20)17-9-12-5-4-6-16(12)23-17/h7-10H,4-6,11H2,1-3H3. The first-order valence-corrected chi connectivity index (χ1v) is 8.52. The van der Waals surface area contributed by atoms with Crippen molar-refractivity contribution < 1.29 is 14.3 Å². The van der Waals surface area contributed by atoms with Gasteiger partial charge in [0.2, 0.25) is 0 Å². The summed E-state index contributed by atoms with van der Waals surface area (Å²) < 4.78 is 10.6. The number of aryl methyl sites for hydroxylation is 2. The van der Waals surface area contributed by atoms with E-state index in [1.54, 1.807) is 30.5 Å². The summed E-state index contributed by atoms with van der Waals surface area (Å²) in [7, 11) is 5.08. The van der Waals surface area contributed by atoms with Crippen molar-refractivity contribution in [3.63, 3.8) is 0 Å². The number of rotatable bonds is 5. The molecule has 0 atom stereocenters. The minimum absolute atomic E-state index is 0.0715. The fourth-order valence-electron chi connectivity index (χ4n) is 2.93. The number of hydrogen-bond acceptors (Lipinski definition) is 4. The highest BCUT2D eigenvalue weighted by atomic mass is 32.1. The van der Waals surface area contributed by atoms with Crippen LogP contribution in [0.1, 0.15) is 32.1 Å². The van der Waals surface area contributed by atoms with E-state index < -0.39 is 0 Å². The van der Waals surface area contributed by atoms with Gasteiger partial charge in [0, 0.05) is 30.1 Å². The van der Waals surface area contributed by atoms with Crippen molar-refractivity contribution in [1.82, 2.24) is 4.90 Å². The van der Waals surface area contributed by atoms with Crippen LogP contribution in [0.3, 0.4) is 0 Å². The molecular formula is C18H21NO3S. The Labute approximate surface area is 140 Å². The third kappa shape index (κ3) is 3.20. The molecule has 5 heteroatoms. The van der Waals surface area contributed by atoms with E-state index >= 15 is 0 Å². The van der Waals surface area contributed by atoms with Gasteiger partial charge in [-0.05, 0) is 43.0 Å². The highest BCUT2D eigenvalue weighted by molar-refractivity contribution is 7.14. The maximum Gasteiger partial charge on any atom is 0.263 e. The van der Waals surface area contributed by atoms with Gasteiger partial charge in [0.05, 0.1) is 19.1 Å². The van der Waals surface area contributed by atoms with E-state index in [-0.39, 0.29) is 5.91 Å². The summed E-state index contributed by atoms with van der Waals surface area (Å²) in [6.07, 6.45) is 3.44. The van der Waals surface area contributed by atoms with Crippen molar-refractivity contribution in [2.24, 2.45) is 0 Å². The van der Waals surface area contributed by atoms with Gasteiger partial charge in [0.15, 0.2) is 0 Å². The van der Waals surface area contributed by atoms with Crippen LogP contribution in [0, 0.1) is 0 Å². The maximum atomic E-state index is 12.6. The highest BCUT2D eigenvalue weighted by Crippen LogP contribution is 2.32. The first kappa shape index (κ1) is 15.9. The molecule has 0 aliphatic heterocycles. The quantitative estimate of drug-likeness (QED) is 0.841. The maximum absolute atomic E-state index is 12.6. The lowest BCUT2D eigenvalue weighted by molar-refractivity contribution is 0.0789. The second kappa shape index (κ2) is 6.62. The van der Waals surface area contributed by atoms with Crippen LogP contribution in [-0.2, 0) is 19.4 Å². The highest BCUT2D eigenvalue weighted by Gasteiger charge is 2.21. The summed E-state index contributed by atoms with van der Waals surface area (Å²) >= 11 is 1.64. The second-order valence-electron chi connectivity index (χ2n) is 5.75. The molecule has 3 rings (SSSR count). The van der Waals surface area contributed by atoms with Crippen LogP contribution >= 0.6 is 11.3 Å².